The highest BCUT2D eigenvalue weighted by Gasteiger charge is 2.07. The second-order valence-electron chi connectivity index (χ2n) is 5.33. The molecule has 112 valence electrons. The molecule has 2 rings (SSSR count). The Morgan fingerprint density at radius 3 is 2.76 bits per heavy atom. The zero-order valence-corrected chi connectivity index (χ0v) is 12.6. The molecular formula is C17H23N3O. The predicted molar refractivity (Wildman–Crippen MR) is 87.2 cm³/mol. The number of nitrogens with two attached hydrogens (primary N) is 1. The van der Waals surface area contributed by atoms with E-state index in [1.54, 1.807) is 0 Å². The summed E-state index contributed by atoms with van der Waals surface area (Å²) in [6.45, 7) is 2.68. The maximum absolute atomic E-state index is 12.0. The van der Waals surface area contributed by atoms with Crippen LogP contribution in [0.4, 0.5) is 5.69 Å². The van der Waals surface area contributed by atoms with Gasteiger partial charge in [0.15, 0.2) is 0 Å². The summed E-state index contributed by atoms with van der Waals surface area (Å²) >= 11 is 0. The van der Waals surface area contributed by atoms with Crippen LogP contribution in [0.3, 0.4) is 0 Å². The normalized spacial score (nSPS) is 10.8. The predicted octanol–water partition coefficient (Wildman–Crippen LogP) is 3.39. The number of anilines is 1. The average Bonchev–Trinajstić information content (AvgIpc) is 2.48. The number of carbonyl (C=O) groups is 1. The highest BCUT2D eigenvalue weighted by atomic mass is 16.1. The van der Waals surface area contributed by atoms with Gasteiger partial charge in [-0.2, -0.15) is 0 Å². The lowest BCUT2D eigenvalue weighted by atomic mass is 10.1. The Bertz CT molecular complexity index is 610. The maximum atomic E-state index is 12.0. The number of hydrogen-bond acceptors (Lipinski definition) is 3. The van der Waals surface area contributed by atoms with Gasteiger partial charge in [0.2, 0.25) is 5.91 Å². The molecule has 3 N–H and O–H groups in total. The average molecular weight is 285 g/mol. The van der Waals surface area contributed by atoms with Crippen LogP contribution in [0.15, 0.2) is 30.3 Å². The number of nitrogens with one attached hydrogen (secondary N) is 1. The number of hydrogen-bond donors (Lipinski definition) is 2. The molecule has 0 atom stereocenters. The van der Waals surface area contributed by atoms with E-state index in [9.17, 15) is 4.79 Å². The van der Waals surface area contributed by atoms with E-state index in [1.807, 2.05) is 37.3 Å². The van der Waals surface area contributed by atoms with Crippen molar-refractivity contribution in [3.63, 3.8) is 0 Å². The topological polar surface area (TPSA) is 68.0 Å². The zero-order chi connectivity index (χ0) is 15.1. The van der Waals surface area contributed by atoms with Gasteiger partial charge >= 0.3 is 0 Å². The Balaban J connectivity index is 1.96. The fraction of sp³-hybridized carbons (Fsp3) is 0.412. The molecular weight excluding hydrogens is 262 g/mol. The number of benzene rings is 1. The molecule has 0 saturated heterocycles. The third kappa shape index (κ3) is 4.53. The Labute approximate surface area is 125 Å². The molecule has 0 aliphatic rings. The van der Waals surface area contributed by atoms with E-state index in [0.29, 0.717) is 6.42 Å². The van der Waals surface area contributed by atoms with E-state index < -0.39 is 0 Å². The number of amides is 1. The van der Waals surface area contributed by atoms with Gasteiger partial charge in [-0.1, -0.05) is 31.0 Å². The first-order valence-electron chi connectivity index (χ1n) is 7.57. The molecule has 0 bridgehead atoms. The molecule has 0 aliphatic carbocycles. The van der Waals surface area contributed by atoms with E-state index in [-0.39, 0.29) is 5.91 Å². The van der Waals surface area contributed by atoms with Crippen molar-refractivity contribution < 1.29 is 4.79 Å². The van der Waals surface area contributed by atoms with Crippen LogP contribution < -0.4 is 11.1 Å². The molecule has 0 aliphatic heterocycles. The summed E-state index contributed by atoms with van der Waals surface area (Å²) in [5.74, 6) is 0.0542. The minimum absolute atomic E-state index is 0.0542. The summed E-state index contributed by atoms with van der Waals surface area (Å²) in [7, 11) is 0. The number of nitrogens with zero attached hydrogens (tertiary/aromatic N) is 1. The van der Waals surface area contributed by atoms with E-state index in [1.165, 1.54) is 0 Å². The number of para-hydroxylation sites is 1. The van der Waals surface area contributed by atoms with Crippen molar-refractivity contribution in [1.82, 2.24) is 4.98 Å². The molecule has 1 aromatic carbocycles. The van der Waals surface area contributed by atoms with Gasteiger partial charge in [0.25, 0.3) is 0 Å². The lowest BCUT2D eigenvalue weighted by Gasteiger charge is -2.08. The van der Waals surface area contributed by atoms with Crippen molar-refractivity contribution >= 4 is 22.5 Å². The number of unbranched alkanes of at least 4 members (excludes halogenated alkanes) is 3. The summed E-state index contributed by atoms with van der Waals surface area (Å²) in [5, 5.41) is 4.02. The van der Waals surface area contributed by atoms with Crippen molar-refractivity contribution in [1.29, 1.82) is 0 Å². The van der Waals surface area contributed by atoms with Gasteiger partial charge in [-0.05, 0) is 38.4 Å². The number of aromatic nitrogens is 1. The van der Waals surface area contributed by atoms with E-state index in [4.69, 9.17) is 5.73 Å². The van der Waals surface area contributed by atoms with Gasteiger partial charge in [-0.3, -0.25) is 9.78 Å². The fourth-order valence-corrected chi connectivity index (χ4v) is 2.34. The summed E-state index contributed by atoms with van der Waals surface area (Å²) in [5.41, 5.74) is 8.05. The van der Waals surface area contributed by atoms with Gasteiger partial charge in [-0.15, -0.1) is 0 Å². The smallest absolute Gasteiger partial charge is 0.224 e. The second-order valence-corrected chi connectivity index (χ2v) is 5.33. The number of fused-ring (bicyclic) bond motifs is 1. The van der Waals surface area contributed by atoms with Crippen LogP contribution in [-0.2, 0) is 4.79 Å². The number of pyridine rings is 1. The molecule has 1 heterocycles. The zero-order valence-electron chi connectivity index (χ0n) is 12.6. The van der Waals surface area contributed by atoms with Crippen LogP contribution >= 0.6 is 0 Å². The van der Waals surface area contributed by atoms with Crippen LogP contribution in [0.5, 0.6) is 0 Å². The van der Waals surface area contributed by atoms with Crippen molar-refractivity contribution in [2.45, 2.75) is 39.0 Å². The molecule has 0 unspecified atom stereocenters. The lowest BCUT2D eigenvalue weighted by molar-refractivity contribution is -0.116. The molecule has 2 aromatic rings. The van der Waals surface area contributed by atoms with Crippen molar-refractivity contribution in [3.8, 4) is 0 Å². The first kappa shape index (κ1) is 15.4. The monoisotopic (exact) mass is 285 g/mol. The van der Waals surface area contributed by atoms with Crippen LogP contribution in [-0.4, -0.2) is 17.4 Å². The Morgan fingerprint density at radius 1 is 1.14 bits per heavy atom. The van der Waals surface area contributed by atoms with Crippen LogP contribution in [0.1, 0.15) is 37.8 Å². The Morgan fingerprint density at radius 2 is 1.95 bits per heavy atom. The summed E-state index contributed by atoms with van der Waals surface area (Å²) in [6, 6.07) is 9.85. The fourth-order valence-electron chi connectivity index (χ4n) is 2.34. The van der Waals surface area contributed by atoms with E-state index in [0.717, 1.165) is 54.5 Å². The maximum Gasteiger partial charge on any atom is 0.224 e. The van der Waals surface area contributed by atoms with Crippen molar-refractivity contribution in [2.75, 3.05) is 11.9 Å². The number of aryl methyl sites for hydroxylation is 1. The molecule has 0 spiro atoms. The van der Waals surface area contributed by atoms with Crippen LogP contribution in [0.2, 0.25) is 0 Å². The first-order chi connectivity index (χ1) is 10.2. The molecule has 4 nitrogen and oxygen atoms in total. The van der Waals surface area contributed by atoms with Gasteiger partial charge < -0.3 is 11.1 Å². The Hall–Kier alpha value is -1.94. The molecule has 21 heavy (non-hydrogen) atoms. The minimum atomic E-state index is 0.0542. The van der Waals surface area contributed by atoms with Crippen molar-refractivity contribution in [3.05, 3.63) is 36.0 Å². The number of carbonyl (C=O) groups excluding carboxylic acids is 1. The Kier molecular flexibility index (Phi) is 5.69. The highest BCUT2D eigenvalue weighted by molar-refractivity contribution is 6.00. The summed E-state index contributed by atoms with van der Waals surface area (Å²) in [4.78, 5) is 16.5. The van der Waals surface area contributed by atoms with Crippen LogP contribution in [0.25, 0.3) is 10.9 Å². The molecule has 0 saturated carbocycles. The molecule has 1 amide bonds. The van der Waals surface area contributed by atoms with Gasteiger partial charge in [-0.25, -0.2) is 0 Å². The first-order valence-corrected chi connectivity index (χ1v) is 7.57. The second kappa shape index (κ2) is 7.74. The summed E-state index contributed by atoms with van der Waals surface area (Å²) < 4.78 is 0. The van der Waals surface area contributed by atoms with Crippen LogP contribution in [0, 0.1) is 6.92 Å². The van der Waals surface area contributed by atoms with Crippen molar-refractivity contribution in [2.24, 2.45) is 5.73 Å². The SMILES string of the molecule is Cc1ccc2cccc(NC(=O)CCCCCCN)c2n1. The minimum Gasteiger partial charge on any atom is -0.330 e. The number of rotatable bonds is 7. The standard InChI is InChI=1S/C17H23N3O/c1-13-10-11-14-7-6-8-15(17(14)19-13)20-16(21)9-4-2-3-5-12-18/h6-8,10-11H,2-5,9,12,18H2,1H3,(H,20,21). The third-order valence-corrected chi connectivity index (χ3v) is 3.49. The highest BCUT2D eigenvalue weighted by Crippen LogP contribution is 2.22. The van der Waals surface area contributed by atoms with E-state index in [2.05, 4.69) is 10.3 Å². The van der Waals surface area contributed by atoms with Gasteiger partial charge in [0, 0.05) is 17.5 Å². The molecule has 0 radical (unpaired) electrons. The summed E-state index contributed by atoms with van der Waals surface area (Å²) in [6.07, 6.45) is 4.64. The largest absolute Gasteiger partial charge is 0.330 e. The molecule has 4 heteroatoms. The van der Waals surface area contributed by atoms with E-state index >= 15 is 0 Å². The molecule has 0 fully saturated rings. The molecule has 1 aromatic heterocycles. The lowest BCUT2D eigenvalue weighted by Crippen LogP contribution is -2.11. The van der Waals surface area contributed by atoms with Gasteiger partial charge in [0.05, 0.1) is 11.2 Å². The quantitative estimate of drug-likeness (QED) is 0.766. The third-order valence-electron chi connectivity index (χ3n) is 3.49. The van der Waals surface area contributed by atoms with Gasteiger partial charge in [0.1, 0.15) is 0 Å².